The third-order valence-electron chi connectivity index (χ3n) is 5.36. The van der Waals surface area contributed by atoms with Crippen molar-refractivity contribution in [3.63, 3.8) is 0 Å². The molecule has 2 aromatic carbocycles. The van der Waals surface area contributed by atoms with Gasteiger partial charge in [-0.1, -0.05) is 43.7 Å². The molecule has 1 amide bonds. The minimum atomic E-state index is -0.388. The standard InChI is InChI=1S/C23H27FN2O2/c1-3-7-20(18-8-5-4-6-9-18)23(28)26-14-12-25(13-15-26)22-11-10-19(17(2)27)16-21(22)24/h4-6,8-11,16,20H,3,7,12-15H2,1-2H3. The summed E-state index contributed by atoms with van der Waals surface area (Å²) in [5.74, 6) is -0.506. The summed E-state index contributed by atoms with van der Waals surface area (Å²) in [5.41, 5.74) is 1.92. The van der Waals surface area contributed by atoms with E-state index in [1.807, 2.05) is 40.1 Å². The Bertz CT molecular complexity index is 830. The zero-order valence-electron chi connectivity index (χ0n) is 16.5. The van der Waals surface area contributed by atoms with Gasteiger partial charge in [0.05, 0.1) is 11.6 Å². The molecule has 148 valence electrons. The Morgan fingerprint density at radius 1 is 1.04 bits per heavy atom. The van der Waals surface area contributed by atoms with Crippen LogP contribution in [0.15, 0.2) is 48.5 Å². The first-order chi connectivity index (χ1) is 13.5. The summed E-state index contributed by atoms with van der Waals surface area (Å²) < 4.78 is 14.4. The van der Waals surface area contributed by atoms with E-state index >= 15 is 0 Å². The van der Waals surface area contributed by atoms with E-state index in [0.29, 0.717) is 37.4 Å². The van der Waals surface area contributed by atoms with Gasteiger partial charge in [0.2, 0.25) is 5.91 Å². The monoisotopic (exact) mass is 382 g/mol. The number of amides is 1. The van der Waals surface area contributed by atoms with Crippen LogP contribution < -0.4 is 4.90 Å². The van der Waals surface area contributed by atoms with Gasteiger partial charge in [0.15, 0.2) is 5.78 Å². The lowest BCUT2D eigenvalue weighted by molar-refractivity contribution is -0.133. The number of carbonyl (C=O) groups excluding carboxylic acids is 2. The predicted molar refractivity (Wildman–Crippen MR) is 109 cm³/mol. The first-order valence-corrected chi connectivity index (χ1v) is 9.90. The lowest BCUT2D eigenvalue weighted by Crippen LogP contribution is -2.50. The van der Waals surface area contributed by atoms with Gasteiger partial charge < -0.3 is 9.80 Å². The number of nitrogens with zero attached hydrogens (tertiary/aromatic N) is 2. The Morgan fingerprint density at radius 3 is 2.29 bits per heavy atom. The van der Waals surface area contributed by atoms with Crippen molar-refractivity contribution in [2.75, 3.05) is 31.1 Å². The van der Waals surface area contributed by atoms with Gasteiger partial charge in [-0.05, 0) is 37.1 Å². The van der Waals surface area contributed by atoms with Gasteiger partial charge >= 0.3 is 0 Å². The molecule has 1 unspecified atom stereocenters. The summed E-state index contributed by atoms with van der Waals surface area (Å²) in [4.78, 5) is 28.4. The Balaban J connectivity index is 1.67. The van der Waals surface area contributed by atoms with Crippen molar-refractivity contribution in [1.82, 2.24) is 4.90 Å². The van der Waals surface area contributed by atoms with E-state index < -0.39 is 0 Å². The molecule has 2 aromatic rings. The number of anilines is 1. The molecule has 1 saturated heterocycles. The molecule has 28 heavy (non-hydrogen) atoms. The molecule has 5 heteroatoms. The smallest absolute Gasteiger partial charge is 0.230 e. The second-order valence-electron chi connectivity index (χ2n) is 7.29. The molecule has 3 rings (SSSR count). The number of rotatable bonds is 6. The van der Waals surface area contributed by atoms with Crippen LogP contribution in [0.5, 0.6) is 0 Å². The Morgan fingerprint density at radius 2 is 1.71 bits per heavy atom. The zero-order valence-corrected chi connectivity index (χ0v) is 16.5. The van der Waals surface area contributed by atoms with Gasteiger partial charge in [0.25, 0.3) is 0 Å². The van der Waals surface area contributed by atoms with Crippen LogP contribution in [0.4, 0.5) is 10.1 Å². The average Bonchev–Trinajstić information content (AvgIpc) is 2.72. The molecule has 0 spiro atoms. The summed E-state index contributed by atoms with van der Waals surface area (Å²) in [6.07, 6.45) is 1.77. The van der Waals surface area contributed by atoms with Crippen molar-refractivity contribution in [2.45, 2.75) is 32.6 Å². The SMILES string of the molecule is CCCC(C(=O)N1CCN(c2ccc(C(C)=O)cc2F)CC1)c1ccccc1. The van der Waals surface area contributed by atoms with Gasteiger partial charge in [-0.25, -0.2) is 4.39 Å². The van der Waals surface area contributed by atoms with Gasteiger partial charge in [0, 0.05) is 31.7 Å². The van der Waals surface area contributed by atoms with Crippen LogP contribution in [-0.2, 0) is 4.79 Å². The summed E-state index contributed by atoms with van der Waals surface area (Å²) in [6, 6.07) is 14.5. The van der Waals surface area contributed by atoms with E-state index in [-0.39, 0.29) is 23.4 Å². The van der Waals surface area contributed by atoms with E-state index in [2.05, 4.69) is 6.92 Å². The summed E-state index contributed by atoms with van der Waals surface area (Å²) >= 11 is 0. The van der Waals surface area contributed by atoms with Gasteiger partial charge in [-0.3, -0.25) is 9.59 Å². The number of hydrogen-bond acceptors (Lipinski definition) is 3. The second kappa shape index (κ2) is 9.00. The van der Waals surface area contributed by atoms with E-state index in [4.69, 9.17) is 0 Å². The quantitative estimate of drug-likeness (QED) is 0.701. The van der Waals surface area contributed by atoms with Crippen LogP contribution in [0.3, 0.4) is 0 Å². The molecule has 0 bridgehead atoms. The van der Waals surface area contributed by atoms with Crippen LogP contribution in [0.25, 0.3) is 0 Å². The lowest BCUT2D eigenvalue weighted by Gasteiger charge is -2.37. The van der Waals surface area contributed by atoms with E-state index in [9.17, 15) is 14.0 Å². The fraction of sp³-hybridized carbons (Fsp3) is 0.391. The van der Waals surface area contributed by atoms with Gasteiger partial charge in [-0.2, -0.15) is 0 Å². The highest BCUT2D eigenvalue weighted by molar-refractivity contribution is 5.94. The number of carbonyl (C=O) groups is 2. The minimum Gasteiger partial charge on any atom is -0.366 e. The first-order valence-electron chi connectivity index (χ1n) is 9.90. The Hall–Kier alpha value is -2.69. The van der Waals surface area contributed by atoms with Crippen molar-refractivity contribution in [2.24, 2.45) is 0 Å². The van der Waals surface area contributed by atoms with Crippen molar-refractivity contribution in [1.29, 1.82) is 0 Å². The van der Waals surface area contributed by atoms with Crippen molar-refractivity contribution in [3.8, 4) is 0 Å². The largest absolute Gasteiger partial charge is 0.366 e. The normalized spacial score (nSPS) is 15.4. The maximum absolute atomic E-state index is 14.4. The topological polar surface area (TPSA) is 40.6 Å². The van der Waals surface area contributed by atoms with Crippen LogP contribution >= 0.6 is 0 Å². The maximum atomic E-state index is 14.4. The lowest BCUT2D eigenvalue weighted by atomic mass is 9.93. The Kier molecular flexibility index (Phi) is 6.45. The molecule has 1 atom stereocenters. The molecule has 1 fully saturated rings. The molecule has 0 radical (unpaired) electrons. The molecule has 0 aliphatic carbocycles. The molecule has 1 heterocycles. The molecular formula is C23H27FN2O2. The highest BCUT2D eigenvalue weighted by Crippen LogP contribution is 2.26. The molecule has 4 nitrogen and oxygen atoms in total. The summed E-state index contributed by atoms with van der Waals surface area (Å²) in [7, 11) is 0. The van der Waals surface area contributed by atoms with Crippen molar-refractivity contribution < 1.29 is 14.0 Å². The van der Waals surface area contributed by atoms with Crippen LogP contribution in [0, 0.1) is 5.82 Å². The number of Topliss-reactive ketones (excluding diaryl/α,β-unsaturated/α-hetero) is 1. The van der Waals surface area contributed by atoms with E-state index in [1.54, 1.807) is 12.1 Å². The van der Waals surface area contributed by atoms with E-state index in [1.165, 1.54) is 13.0 Å². The molecular weight excluding hydrogens is 355 g/mol. The highest BCUT2D eigenvalue weighted by Gasteiger charge is 2.28. The van der Waals surface area contributed by atoms with Crippen LogP contribution in [0.1, 0.15) is 48.5 Å². The van der Waals surface area contributed by atoms with Crippen LogP contribution in [0.2, 0.25) is 0 Å². The molecule has 0 saturated carbocycles. The number of hydrogen-bond donors (Lipinski definition) is 0. The number of halogens is 1. The molecule has 0 aromatic heterocycles. The minimum absolute atomic E-state index is 0.121. The van der Waals surface area contributed by atoms with Gasteiger partial charge in [-0.15, -0.1) is 0 Å². The van der Waals surface area contributed by atoms with E-state index in [0.717, 1.165) is 18.4 Å². The second-order valence-corrected chi connectivity index (χ2v) is 7.29. The molecule has 1 aliphatic heterocycles. The van der Waals surface area contributed by atoms with Gasteiger partial charge in [0.1, 0.15) is 5.82 Å². The third kappa shape index (κ3) is 4.41. The fourth-order valence-electron chi connectivity index (χ4n) is 3.78. The zero-order chi connectivity index (χ0) is 20.1. The number of ketones is 1. The van der Waals surface area contributed by atoms with Crippen molar-refractivity contribution in [3.05, 3.63) is 65.5 Å². The first kappa shape index (κ1) is 20.1. The molecule has 0 N–H and O–H groups in total. The Labute approximate surface area is 166 Å². The third-order valence-corrected chi connectivity index (χ3v) is 5.36. The maximum Gasteiger partial charge on any atom is 0.230 e. The fourth-order valence-corrected chi connectivity index (χ4v) is 3.78. The molecule has 1 aliphatic rings. The number of piperazine rings is 1. The number of benzene rings is 2. The highest BCUT2D eigenvalue weighted by atomic mass is 19.1. The summed E-state index contributed by atoms with van der Waals surface area (Å²) in [6.45, 7) is 5.82. The summed E-state index contributed by atoms with van der Waals surface area (Å²) in [5, 5.41) is 0. The van der Waals surface area contributed by atoms with Crippen LogP contribution in [-0.4, -0.2) is 42.8 Å². The van der Waals surface area contributed by atoms with Crippen molar-refractivity contribution >= 4 is 17.4 Å². The average molecular weight is 382 g/mol. The predicted octanol–water partition coefficient (Wildman–Crippen LogP) is 4.26.